The van der Waals surface area contributed by atoms with E-state index in [0.29, 0.717) is 12.2 Å². The molecule has 1 rings (SSSR count). The van der Waals surface area contributed by atoms with Gasteiger partial charge in [0.2, 0.25) is 0 Å². The van der Waals surface area contributed by atoms with Crippen LogP contribution in [0.4, 0.5) is 0 Å². The van der Waals surface area contributed by atoms with Crippen molar-refractivity contribution in [2.24, 2.45) is 17.8 Å². The lowest BCUT2D eigenvalue weighted by Crippen LogP contribution is -2.27. The third kappa shape index (κ3) is 3.42. The number of carbonyl (C=O) groups excluding carboxylic acids is 2. The first kappa shape index (κ1) is 13.9. The summed E-state index contributed by atoms with van der Waals surface area (Å²) in [5, 5.41) is 0. The molecule has 96 valence electrons. The van der Waals surface area contributed by atoms with Gasteiger partial charge in [-0.25, -0.2) is 0 Å². The summed E-state index contributed by atoms with van der Waals surface area (Å²) in [6.07, 6.45) is 7.31. The van der Waals surface area contributed by atoms with Gasteiger partial charge in [-0.05, 0) is 25.2 Å². The van der Waals surface area contributed by atoms with Gasteiger partial charge < -0.3 is 4.74 Å². The van der Waals surface area contributed by atoms with E-state index in [1.54, 1.807) is 0 Å². The highest BCUT2D eigenvalue weighted by molar-refractivity contribution is 5.85. The van der Waals surface area contributed by atoms with E-state index in [9.17, 15) is 9.59 Å². The Kier molecular flexibility index (Phi) is 5.39. The van der Waals surface area contributed by atoms with Crippen LogP contribution in [0.15, 0.2) is 12.2 Å². The van der Waals surface area contributed by atoms with E-state index in [4.69, 9.17) is 4.74 Å². The molecule has 3 heteroatoms. The Morgan fingerprint density at radius 2 is 2.24 bits per heavy atom. The van der Waals surface area contributed by atoms with E-state index in [1.165, 1.54) is 7.11 Å². The van der Waals surface area contributed by atoms with Crippen LogP contribution in [0, 0.1) is 17.8 Å². The summed E-state index contributed by atoms with van der Waals surface area (Å²) >= 11 is 0. The van der Waals surface area contributed by atoms with Crippen molar-refractivity contribution in [1.29, 1.82) is 0 Å². The van der Waals surface area contributed by atoms with E-state index >= 15 is 0 Å². The van der Waals surface area contributed by atoms with Gasteiger partial charge in [-0.15, -0.1) is 0 Å². The molecule has 0 heterocycles. The molecule has 1 aliphatic carbocycles. The molecule has 0 radical (unpaired) electrons. The Hall–Kier alpha value is -1.12. The van der Waals surface area contributed by atoms with Crippen molar-refractivity contribution in [2.45, 2.75) is 39.5 Å². The molecule has 0 N–H and O–H groups in total. The normalized spacial score (nSPS) is 26.4. The van der Waals surface area contributed by atoms with Gasteiger partial charge in [-0.3, -0.25) is 9.59 Å². The highest BCUT2D eigenvalue weighted by Crippen LogP contribution is 2.37. The van der Waals surface area contributed by atoms with Crippen LogP contribution in [-0.2, 0) is 14.3 Å². The molecule has 0 bridgehead atoms. The Balaban J connectivity index is 2.67. The SMILES string of the molecule is CCC=CCC1C(=O)CCC1C(C)C(=O)OC. The minimum Gasteiger partial charge on any atom is -0.469 e. The highest BCUT2D eigenvalue weighted by Gasteiger charge is 2.39. The molecule has 1 aliphatic rings. The number of esters is 1. The number of Topliss-reactive ketones (excluding diaryl/α,β-unsaturated/α-hetero) is 1. The second-order valence-corrected chi connectivity index (χ2v) is 4.70. The number of hydrogen-bond donors (Lipinski definition) is 0. The van der Waals surface area contributed by atoms with E-state index < -0.39 is 0 Å². The maximum atomic E-state index is 11.8. The van der Waals surface area contributed by atoms with Gasteiger partial charge in [0.1, 0.15) is 5.78 Å². The predicted molar refractivity (Wildman–Crippen MR) is 66.4 cm³/mol. The summed E-state index contributed by atoms with van der Waals surface area (Å²) in [5.41, 5.74) is 0. The van der Waals surface area contributed by atoms with Gasteiger partial charge in [-0.2, -0.15) is 0 Å². The number of carbonyl (C=O) groups is 2. The lowest BCUT2D eigenvalue weighted by atomic mass is 9.83. The average Bonchev–Trinajstić information content (AvgIpc) is 2.69. The smallest absolute Gasteiger partial charge is 0.308 e. The van der Waals surface area contributed by atoms with Gasteiger partial charge in [0.15, 0.2) is 0 Å². The van der Waals surface area contributed by atoms with Gasteiger partial charge in [0.25, 0.3) is 0 Å². The number of ketones is 1. The first-order valence-corrected chi connectivity index (χ1v) is 6.37. The van der Waals surface area contributed by atoms with E-state index in [1.807, 2.05) is 6.92 Å². The number of hydrogen-bond acceptors (Lipinski definition) is 3. The van der Waals surface area contributed by atoms with Crippen LogP contribution >= 0.6 is 0 Å². The third-order valence-corrected chi connectivity index (χ3v) is 3.66. The van der Waals surface area contributed by atoms with Gasteiger partial charge in [0.05, 0.1) is 13.0 Å². The minimum absolute atomic E-state index is 0.00639. The Bertz CT molecular complexity index is 307. The topological polar surface area (TPSA) is 43.4 Å². The van der Waals surface area contributed by atoms with Crippen molar-refractivity contribution in [3.8, 4) is 0 Å². The summed E-state index contributed by atoms with van der Waals surface area (Å²) in [6, 6.07) is 0. The van der Waals surface area contributed by atoms with Crippen molar-refractivity contribution >= 4 is 11.8 Å². The molecule has 1 saturated carbocycles. The highest BCUT2D eigenvalue weighted by atomic mass is 16.5. The molecule has 0 aromatic heterocycles. The molecule has 0 saturated heterocycles. The second kappa shape index (κ2) is 6.58. The van der Waals surface area contributed by atoms with Crippen LogP contribution in [0.1, 0.15) is 39.5 Å². The number of rotatable bonds is 5. The van der Waals surface area contributed by atoms with Crippen molar-refractivity contribution in [1.82, 2.24) is 0 Å². The summed E-state index contributed by atoms with van der Waals surface area (Å²) in [4.78, 5) is 23.3. The Morgan fingerprint density at radius 3 is 2.82 bits per heavy atom. The van der Waals surface area contributed by atoms with Gasteiger partial charge in [0, 0.05) is 12.3 Å². The van der Waals surface area contributed by atoms with Crippen molar-refractivity contribution in [3.63, 3.8) is 0 Å². The number of ether oxygens (including phenoxy) is 1. The standard InChI is InChI=1S/C14H22O3/c1-4-5-6-7-12-11(8-9-13(12)15)10(2)14(16)17-3/h5-6,10-12H,4,7-9H2,1-3H3. The summed E-state index contributed by atoms with van der Waals surface area (Å²) in [7, 11) is 1.40. The van der Waals surface area contributed by atoms with Crippen molar-refractivity contribution < 1.29 is 14.3 Å². The maximum absolute atomic E-state index is 11.8. The fourth-order valence-corrected chi connectivity index (χ4v) is 2.61. The molecule has 17 heavy (non-hydrogen) atoms. The molecule has 3 nitrogen and oxygen atoms in total. The van der Waals surface area contributed by atoms with Crippen LogP contribution in [0.2, 0.25) is 0 Å². The minimum atomic E-state index is -0.200. The lowest BCUT2D eigenvalue weighted by molar-refractivity contribution is -0.147. The van der Waals surface area contributed by atoms with Gasteiger partial charge in [-0.1, -0.05) is 26.0 Å². The summed E-state index contributed by atoms with van der Waals surface area (Å²) in [6.45, 7) is 3.94. The van der Waals surface area contributed by atoms with E-state index in [-0.39, 0.29) is 23.7 Å². The van der Waals surface area contributed by atoms with Crippen LogP contribution in [0.25, 0.3) is 0 Å². The van der Waals surface area contributed by atoms with Crippen molar-refractivity contribution in [2.75, 3.05) is 7.11 Å². The van der Waals surface area contributed by atoms with Crippen LogP contribution in [0.5, 0.6) is 0 Å². The molecule has 0 aromatic rings. The molecule has 0 spiro atoms. The van der Waals surface area contributed by atoms with E-state index in [2.05, 4.69) is 19.1 Å². The fourth-order valence-electron chi connectivity index (χ4n) is 2.61. The Labute approximate surface area is 103 Å². The molecule has 3 unspecified atom stereocenters. The van der Waals surface area contributed by atoms with Crippen molar-refractivity contribution in [3.05, 3.63) is 12.2 Å². The number of methoxy groups -OCH3 is 1. The van der Waals surface area contributed by atoms with Crippen LogP contribution < -0.4 is 0 Å². The third-order valence-electron chi connectivity index (χ3n) is 3.66. The van der Waals surface area contributed by atoms with Crippen LogP contribution in [0.3, 0.4) is 0 Å². The molecule has 1 fully saturated rings. The monoisotopic (exact) mass is 238 g/mol. The zero-order valence-electron chi connectivity index (χ0n) is 10.9. The molecule has 0 aromatic carbocycles. The average molecular weight is 238 g/mol. The summed E-state index contributed by atoms with van der Waals surface area (Å²) in [5.74, 6) is 0.0792. The zero-order chi connectivity index (χ0) is 12.8. The second-order valence-electron chi connectivity index (χ2n) is 4.70. The van der Waals surface area contributed by atoms with Crippen LogP contribution in [-0.4, -0.2) is 18.9 Å². The molecular weight excluding hydrogens is 216 g/mol. The largest absolute Gasteiger partial charge is 0.469 e. The quantitative estimate of drug-likeness (QED) is 0.546. The molecular formula is C14H22O3. The number of allylic oxidation sites excluding steroid dienone is 2. The Morgan fingerprint density at radius 1 is 1.53 bits per heavy atom. The van der Waals surface area contributed by atoms with Gasteiger partial charge >= 0.3 is 5.97 Å². The first-order valence-electron chi connectivity index (χ1n) is 6.37. The first-order chi connectivity index (χ1) is 8.11. The predicted octanol–water partition coefficient (Wildman–Crippen LogP) is 2.75. The van der Waals surface area contributed by atoms with E-state index in [0.717, 1.165) is 19.3 Å². The molecule has 0 aliphatic heterocycles. The molecule has 3 atom stereocenters. The lowest BCUT2D eigenvalue weighted by Gasteiger charge is -2.22. The maximum Gasteiger partial charge on any atom is 0.308 e. The summed E-state index contributed by atoms with van der Waals surface area (Å²) < 4.78 is 4.77. The zero-order valence-corrected chi connectivity index (χ0v) is 10.9. The molecule has 0 amide bonds. The fraction of sp³-hybridized carbons (Fsp3) is 0.714.